The van der Waals surface area contributed by atoms with Gasteiger partial charge in [0.15, 0.2) is 6.10 Å². The average molecular weight is 315 g/mol. The van der Waals surface area contributed by atoms with E-state index in [0.717, 1.165) is 0 Å². The monoisotopic (exact) mass is 314 g/mol. The highest BCUT2D eigenvalue weighted by atomic mass is 35.5. The molecule has 0 aromatic heterocycles. The van der Waals surface area contributed by atoms with Gasteiger partial charge in [0.25, 0.3) is 5.91 Å². The number of carbonyl (C=O) groups excluding carboxylic acids is 2. The Labute approximate surface area is 125 Å². The van der Waals surface area contributed by atoms with Crippen LogP contribution in [0.2, 0.25) is 5.02 Å². The van der Waals surface area contributed by atoms with E-state index in [0.29, 0.717) is 10.6 Å². The van der Waals surface area contributed by atoms with Crippen LogP contribution in [0.25, 0.3) is 0 Å². The molecule has 0 aliphatic carbocycles. The lowest BCUT2D eigenvalue weighted by molar-refractivity contribution is -0.147. The van der Waals surface area contributed by atoms with Crippen LogP contribution in [0.3, 0.4) is 0 Å². The summed E-state index contributed by atoms with van der Waals surface area (Å²) in [6.45, 7) is -0.256. The van der Waals surface area contributed by atoms with Gasteiger partial charge in [-0.25, -0.2) is 4.79 Å². The van der Waals surface area contributed by atoms with Crippen LogP contribution in [0.1, 0.15) is 16.8 Å². The van der Waals surface area contributed by atoms with E-state index in [1.54, 1.807) is 18.2 Å². The maximum absolute atomic E-state index is 11.7. The number of carboxylic acid groups (broad SMARTS) is 1. The zero-order chi connectivity index (χ0) is 15.8. The van der Waals surface area contributed by atoms with Crippen molar-refractivity contribution < 1.29 is 24.6 Å². The third kappa shape index (κ3) is 6.24. The van der Waals surface area contributed by atoms with Crippen LogP contribution in [0, 0.1) is 0 Å². The zero-order valence-corrected chi connectivity index (χ0v) is 11.8. The first-order valence-corrected chi connectivity index (χ1v) is 6.49. The molecule has 8 heteroatoms. The molecule has 1 unspecified atom stereocenters. The van der Waals surface area contributed by atoms with E-state index in [1.165, 1.54) is 6.07 Å². The minimum Gasteiger partial charge on any atom is -0.479 e. The Bertz CT molecular complexity index is 535. The maximum atomic E-state index is 11.7. The molecule has 1 aromatic rings. The highest BCUT2D eigenvalue weighted by Crippen LogP contribution is 2.10. The highest BCUT2D eigenvalue weighted by molar-refractivity contribution is 6.30. The van der Waals surface area contributed by atoms with Crippen LogP contribution in [0.5, 0.6) is 0 Å². The van der Waals surface area contributed by atoms with Gasteiger partial charge in [0.1, 0.15) is 0 Å². The van der Waals surface area contributed by atoms with E-state index in [2.05, 4.69) is 10.6 Å². The molecule has 0 fully saturated rings. The second kappa shape index (κ2) is 8.23. The van der Waals surface area contributed by atoms with Crippen molar-refractivity contribution >= 4 is 29.4 Å². The lowest BCUT2D eigenvalue weighted by Crippen LogP contribution is -2.38. The summed E-state index contributed by atoms with van der Waals surface area (Å²) in [6.07, 6.45) is -1.63. The zero-order valence-electron chi connectivity index (χ0n) is 11.0. The summed E-state index contributed by atoms with van der Waals surface area (Å²) in [5.74, 6) is -2.28. The molecule has 1 atom stereocenters. The van der Waals surface area contributed by atoms with Crippen molar-refractivity contribution in [2.75, 3.05) is 13.1 Å². The Hall–Kier alpha value is -2.12. The van der Waals surface area contributed by atoms with E-state index < -0.39 is 23.9 Å². The van der Waals surface area contributed by atoms with E-state index in [4.69, 9.17) is 21.8 Å². The molecule has 0 radical (unpaired) electrons. The Morgan fingerprint density at radius 3 is 2.57 bits per heavy atom. The van der Waals surface area contributed by atoms with E-state index in [-0.39, 0.29) is 19.5 Å². The lowest BCUT2D eigenvalue weighted by atomic mass is 10.2. The number of aliphatic hydroxyl groups is 1. The standard InChI is InChI=1S/C13H15ClN2O5/c14-9-3-1-2-8(6-9)12(19)16-7-11(18)15-5-4-10(17)13(20)21/h1-3,6,10,17H,4-5,7H2,(H,15,18)(H,16,19)(H,20,21). The van der Waals surface area contributed by atoms with Crippen LogP contribution in [-0.2, 0) is 9.59 Å². The van der Waals surface area contributed by atoms with Crippen molar-refractivity contribution in [3.05, 3.63) is 34.9 Å². The molecule has 0 saturated carbocycles. The molecule has 0 heterocycles. The van der Waals surface area contributed by atoms with Gasteiger partial charge in [0.2, 0.25) is 5.91 Å². The quantitative estimate of drug-likeness (QED) is 0.566. The fourth-order valence-electron chi connectivity index (χ4n) is 1.43. The second-order valence-electron chi connectivity index (χ2n) is 4.19. The van der Waals surface area contributed by atoms with Gasteiger partial charge in [-0.3, -0.25) is 9.59 Å². The van der Waals surface area contributed by atoms with E-state index in [1.807, 2.05) is 0 Å². The fourth-order valence-corrected chi connectivity index (χ4v) is 1.62. The summed E-state index contributed by atoms with van der Waals surface area (Å²) in [5.41, 5.74) is 0.330. The number of halogens is 1. The Morgan fingerprint density at radius 1 is 1.24 bits per heavy atom. The molecular formula is C13H15ClN2O5. The minimum atomic E-state index is -1.52. The molecule has 0 spiro atoms. The third-order valence-corrected chi connectivity index (χ3v) is 2.76. The van der Waals surface area contributed by atoms with Gasteiger partial charge in [0.05, 0.1) is 6.54 Å². The average Bonchev–Trinajstić information content (AvgIpc) is 2.44. The molecule has 1 rings (SSSR count). The normalized spacial score (nSPS) is 11.5. The molecule has 1 aromatic carbocycles. The first kappa shape index (κ1) is 16.9. The topological polar surface area (TPSA) is 116 Å². The van der Waals surface area contributed by atoms with Crippen molar-refractivity contribution in [1.82, 2.24) is 10.6 Å². The van der Waals surface area contributed by atoms with Crippen LogP contribution in [0.15, 0.2) is 24.3 Å². The number of hydrogen-bond acceptors (Lipinski definition) is 4. The molecule has 0 bridgehead atoms. The summed E-state index contributed by atoms with van der Waals surface area (Å²) >= 11 is 5.74. The third-order valence-electron chi connectivity index (χ3n) is 2.52. The van der Waals surface area contributed by atoms with E-state index >= 15 is 0 Å². The number of carbonyl (C=O) groups is 3. The lowest BCUT2D eigenvalue weighted by Gasteiger charge is -2.08. The van der Waals surface area contributed by atoms with Crippen molar-refractivity contribution in [2.24, 2.45) is 0 Å². The second-order valence-corrected chi connectivity index (χ2v) is 4.62. The summed E-state index contributed by atoms with van der Waals surface area (Å²) in [4.78, 5) is 33.5. The van der Waals surface area contributed by atoms with Gasteiger partial charge in [-0.1, -0.05) is 17.7 Å². The van der Waals surface area contributed by atoms with Crippen LogP contribution >= 0.6 is 11.6 Å². The Kier molecular flexibility index (Phi) is 6.64. The molecule has 114 valence electrons. The summed E-state index contributed by atoms with van der Waals surface area (Å²) in [5, 5.41) is 22.6. The number of aliphatic carboxylic acids is 1. The van der Waals surface area contributed by atoms with Gasteiger partial charge in [-0.05, 0) is 18.2 Å². The molecule has 0 saturated heterocycles. The molecular weight excluding hydrogens is 300 g/mol. The predicted molar refractivity (Wildman–Crippen MR) is 75.1 cm³/mol. The summed E-state index contributed by atoms with van der Waals surface area (Å²) in [7, 11) is 0. The van der Waals surface area contributed by atoms with Gasteiger partial charge in [-0.15, -0.1) is 0 Å². The van der Waals surface area contributed by atoms with Crippen molar-refractivity contribution in [3.8, 4) is 0 Å². The first-order chi connectivity index (χ1) is 9.90. The Morgan fingerprint density at radius 2 is 1.95 bits per heavy atom. The molecule has 4 N–H and O–H groups in total. The number of nitrogens with one attached hydrogen (secondary N) is 2. The summed E-state index contributed by atoms with van der Waals surface area (Å²) in [6, 6.07) is 6.27. The van der Waals surface area contributed by atoms with Crippen molar-refractivity contribution in [2.45, 2.75) is 12.5 Å². The minimum absolute atomic E-state index is 0.000659. The van der Waals surface area contributed by atoms with Crippen LogP contribution in [0.4, 0.5) is 0 Å². The molecule has 0 aliphatic rings. The molecule has 7 nitrogen and oxygen atoms in total. The van der Waals surface area contributed by atoms with Gasteiger partial charge in [-0.2, -0.15) is 0 Å². The maximum Gasteiger partial charge on any atom is 0.332 e. The van der Waals surface area contributed by atoms with Crippen molar-refractivity contribution in [1.29, 1.82) is 0 Å². The molecule has 21 heavy (non-hydrogen) atoms. The van der Waals surface area contributed by atoms with Crippen LogP contribution in [-0.4, -0.2) is 47.2 Å². The number of rotatable bonds is 7. The van der Waals surface area contributed by atoms with Gasteiger partial charge < -0.3 is 20.8 Å². The largest absolute Gasteiger partial charge is 0.479 e. The Balaban J connectivity index is 2.30. The van der Waals surface area contributed by atoms with Crippen molar-refractivity contribution in [3.63, 3.8) is 0 Å². The predicted octanol–water partition coefficient (Wildman–Crippen LogP) is 0.0216. The molecule has 2 amide bonds. The highest BCUT2D eigenvalue weighted by Gasteiger charge is 2.13. The molecule has 0 aliphatic heterocycles. The SMILES string of the molecule is O=C(CNC(=O)c1cccc(Cl)c1)NCCC(O)C(=O)O. The smallest absolute Gasteiger partial charge is 0.332 e. The van der Waals surface area contributed by atoms with Gasteiger partial charge >= 0.3 is 5.97 Å². The summed E-state index contributed by atoms with van der Waals surface area (Å²) < 4.78 is 0. The number of amides is 2. The number of hydrogen-bond donors (Lipinski definition) is 4. The number of benzene rings is 1. The number of carboxylic acids is 1. The van der Waals surface area contributed by atoms with Gasteiger partial charge in [0, 0.05) is 23.6 Å². The van der Waals surface area contributed by atoms with E-state index in [9.17, 15) is 14.4 Å². The fraction of sp³-hybridized carbons (Fsp3) is 0.308. The van der Waals surface area contributed by atoms with Crippen LogP contribution < -0.4 is 10.6 Å². The first-order valence-electron chi connectivity index (χ1n) is 6.11. The number of aliphatic hydroxyl groups excluding tert-OH is 1.